The summed E-state index contributed by atoms with van der Waals surface area (Å²) < 4.78 is 14.6. The van der Waals surface area contributed by atoms with Crippen molar-refractivity contribution in [3.63, 3.8) is 0 Å². The Morgan fingerprint density at radius 1 is 1.27 bits per heavy atom. The maximum absolute atomic E-state index is 14.6. The van der Waals surface area contributed by atoms with Gasteiger partial charge in [0.15, 0.2) is 17.5 Å². The summed E-state index contributed by atoms with van der Waals surface area (Å²) in [6, 6.07) is 1.77. The van der Waals surface area contributed by atoms with Gasteiger partial charge in [-0.05, 0) is 51.5 Å². The van der Waals surface area contributed by atoms with Crippen LogP contribution in [-0.2, 0) is 0 Å². The highest BCUT2D eigenvalue weighted by atomic mass is 35.5. The molecule has 174 valence electrons. The number of hydrogen-bond acceptors (Lipinski definition) is 5. The second-order valence-corrected chi connectivity index (χ2v) is 9.70. The standard InChI is InChI=1S/C23H27ClFN7O/c1-23(31-22(33)32-7-2-3-8-32)6-4-5-15(10-23)29-21-18(25)13-28-20(30-21)17-12-27-19-16(17)9-14(24)11-26-19/h9,11-13,15H,2-8,10H2,1H3,(H,26,27)(H,31,33)(H,28,29,30)/t15?,23-/m1/s1. The summed E-state index contributed by atoms with van der Waals surface area (Å²) in [7, 11) is 0. The number of aromatic nitrogens is 4. The van der Waals surface area contributed by atoms with Gasteiger partial charge in [-0.25, -0.2) is 24.1 Å². The predicted molar refractivity (Wildman–Crippen MR) is 126 cm³/mol. The van der Waals surface area contributed by atoms with Gasteiger partial charge in [0.2, 0.25) is 0 Å². The maximum atomic E-state index is 14.6. The number of likely N-dealkylation sites (tertiary alicyclic amines) is 1. The van der Waals surface area contributed by atoms with Crippen LogP contribution < -0.4 is 10.6 Å². The Balaban J connectivity index is 1.33. The molecule has 0 spiro atoms. The number of nitrogens with one attached hydrogen (secondary N) is 3. The summed E-state index contributed by atoms with van der Waals surface area (Å²) in [4.78, 5) is 30.5. The quantitative estimate of drug-likeness (QED) is 0.511. The van der Waals surface area contributed by atoms with Crippen molar-refractivity contribution >= 4 is 34.5 Å². The topological polar surface area (TPSA) is 98.8 Å². The summed E-state index contributed by atoms with van der Waals surface area (Å²) in [5, 5.41) is 7.76. The third-order valence-electron chi connectivity index (χ3n) is 6.60. The molecule has 1 saturated heterocycles. The molecule has 3 aromatic rings. The van der Waals surface area contributed by atoms with Gasteiger partial charge in [0, 0.05) is 48.0 Å². The van der Waals surface area contributed by atoms with E-state index in [1.54, 1.807) is 18.5 Å². The van der Waals surface area contributed by atoms with Crippen LogP contribution in [0.1, 0.15) is 45.4 Å². The molecule has 1 saturated carbocycles. The van der Waals surface area contributed by atoms with Crippen molar-refractivity contribution in [3.05, 3.63) is 35.5 Å². The molecule has 2 aliphatic rings. The number of nitrogens with zero attached hydrogens (tertiary/aromatic N) is 4. The lowest BCUT2D eigenvalue weighted by Gasteiger charge is -2.40. The lowest BCUT2D eigenvalue weighted by molar-refractivity contribution is 0.179. The van der Waals surface area contributed by atoms with Gasteiger partial charge in [-0.2, -0.15) is 0 Å². The van der Waals surface area contributed by atoms with Crippen LogP contribution in [-0.4, -0.2) is 55.5 Å². The van der Waals surface area contributed by atoms with Crippen molar-refractivity contribution < 1.29 is 9.18 Å². The van der Waals surface area contributed by atoms with Crippen LogP contribution in [0.2, 0.25) is 5.02 Å². The van der Waals surface area contributed by atoms with Crippen molar-refractivity contribution in [2.45, 2.75) is 57.0 Å². The molecule has 2 fully saturated rings. The van der Waals surface area contributed by atoms with Crippen molar-refractivity contribution in [2.24, 2.45) is 0 Å². The summed E-state index contributed by atoms with van der Waals surface area (Å²) >= 11 is 6.10. The molecule has 0 radical (unpaired) electrons. The second kappa shape index (κ2) is 8.78. The number of carbonyl (C=O) groups is 1. The molecule has 0 aromatic carbocycles. The molecule has 33 heavy (non-hydrogen) atoms. The smallest absolute Gasteiger partial charge is 0.317 e. The van der Waals surface area contributed by atoms with Crippen LogP contribution in [0.15, 0.2) is 24.7 Å². The Hall–Kier alpha value is -2.94. The van der Waals surface area contributed by atoms with E-state index in [2.05, 4.69) is 37.5 Å². The van der Waals surface area contributed by atoms with E-state index >= 15 is 0 Å². The minimum Gasteiger partial charge on any atom is -0.365 e. The Bertz CT molecular complexity index is 1180. The van der Waals surface area contributed by atoms with Gasteiger partial charge in [0.1, 0.15) is 5.65 Å². The fourth-order valence-corrected chi connectivity index (χ4v) is 5.09. The zero-order valence-corrected chi connectivity index (χ0v) is 19.3. The summed E-state index contributed by atoms with van der Waals surface area (Å²) in [6.07, 6.45) is 10.00. The van der Waals surface area contributed by atoms with Gasteiger partial charge in [-0.3, -0.25) is 0 Å². The van der Waals surface area contributed by atoms with Crippen molar-refractivity contribution in [3.8, 4) is 11.4 Å². The molecule has 3 aromatic heterocycles. The molecule has 1 aliphatic carbocycles. The first-order valence-corrected chi connectivity index (χ1v) is 11.8. The van der Waals surface area contributed by atoms with E-state index in [-0.39, 0.29) is 23.4 Å². The van der Waals surface area contributed by atoms with Crippen LogP contribution in [0.25, 0.3) is 22.4 Å². The van der Waals surface area contributed by atoms with E-state index in [1.165, 1.54) is 6.20 Å². The van der Waals surface area contributed by atoms with Gasteiger partial charge >= 0.3 is 6.03 Å². The average molecular weight is 472 g/mol. The van der Waals surface area contributed by atoms with E-state index in [0.717, 1.165) is 50.6 Å². The number of halogens is 2. The number of amides is 2. The van der Waals surface area contributed by atoms with Gasteiger partial charge < -0.3 is 20.5 Å². The molecule has 10 heteroatoms. The van der Waals surface area contributed by atoms with E-state index in [1.807, 2.05) is 4.90 Å². The number of aromatic amines is 1. The molecular weight excluding hydrogens is 445 g/mol. The Kier molecular flexibility index (Phi) is 5.82. The number of hydrogen-bond donors (Lipinski definition) is 3. The summed E-state index contributed by atoms with van der Waals surface area (Å²) in [5.74, 6) is 0.0303. The lowest BCUT2D eigenvalue weighted by Crippen LogP contribution is -2.54. The molecule has 2 atom stereocenters. The fraction of sp³-hybridized carbons (Fsp3) is 0.478. The monoisotopic (exact) mass is 471 g/mol. The minimum atomic E-state index is -0.511. The van der Waals surface area contributed by atoms with Crippen LogP contribution in [0.4, 0.5) is 15.0 Å². The van der Waals surface area contributed by atoms with E-state index < -0.39 is 5.82 Å². The van der Waals surface area contributed by atoms with Crippen molar-refractivity contribution in [1.82, 2.24) is 30.2 Å². The maximum Gasteiger partial charge on any atom is 0.317 e. The molecule has 0 bridgehead atoms. The van der Waals surface area contributed by atoms with E-state index in [0.29, 0.717) is 28.5 Å². The highest BCUT2D eigenvalue weighted by molar-refractivity contribution is 6.31. The number of carbonyl (C=O) groups excluding carboxylic acids is 1. The van der Waals surface area contributed by atoms with Gasteiger partial charge in [0.25, 0.3) is 0 Å². The second-order valence-electron chi connectivity index (χ2n) is 9.26. The van der Waals surface area contributed by atoms with Crippen LogP contribution >= 0.6 is 11.6 Å². The zero-order valence-electron chi connectivity index (χ0n) is 18.5. The SMILES string of the molecule is C[C@@]1(NC(=O)N2CCCC2)CCCC(Nc2nc(-c3c[nH]c4ncc(Cl)cc34)ncc2F)C1. The van der Waals surface area contributed by atoms with Gasteiger partial charge in [0.05, 0.1) is 11.2 Å². The fourth-order valence-electron chi connectivity index (χ4n) is 4.94. The number of rotatable bonds is 4. The molecule has 5 rings (SSSR count). The van der Waals surface area contributed by atoms with Gasteiger partial charge in [-0.1, -0.05) is 11.6 Å². The number of fused-ring (bicyclic) bond motifs is 1. The highest BCUT2D eigenvalue weighted by Gasteiger charge is 2.35. The number of H-pyrrole nitrogens is 1. The summed E-state index contributed by atoms with van der Waals surface area (Å²) in [6.45, 7) is 3.69. The average Bonchev–Trinajstić information content (AvgIpc) is 3.45. The van der Waals surface area contributed by atoms with Crippen LogP contribution in [0.3, 0.4) is 0 Å². The molecule has 1 aliphatic heterocycles. The molecule has 3 N–H and O–H groups in total. The highest BCUT2D eigenvalue weighted by Crippen LogP contribution is 2.32. The largest absolute Gasteiger partial charge is 0.365 e. The molecule has 4 heterocycles. The summed E-state index contributed by atoms with van der Waals surface area (Å²) in [5.41, 5.74) is 1.02. The van der Waals surface area contributed by atoms with Gasteiger partial charge in [-0.15, -0.1) is 0 Å². The van der Waals surface area contributed by atoms with E-state index in [4.69, 9.17) is 11.6 Å². The Labute approximate surface area is 196 Å². The van der Waals surface area contributed by atoms with Crippen molar-refractivity contribution in [2.75, 3.05) is 18.4 Å². The number of pyridine rings is 1. The minimum absolute atomic E-state index is 0.00207. The zero-order chi connectivity index (χ0) is 23.0. The van der Waals surface area contributed by atoms with Crippen molar-refractivity contribution in [1.29, 1.82) is 0 Å². The normalized spacial score (nSPS) is 23.1. The Morgan fingerprint density at radius 2 is 2.09 bits per heavy atom. The third-order valence-corrected chi connectivity index (χ3v) is 6.81. The van der Waals surface area contributed by atoms with Crippen LogP contribution in [0.5, 0.6) is 0 Å². The number of urea groups is 1. The first-order chi connectivity index (χ1) is 15.9. The van der Waals surface area contributed by atoms with Crippen LogP contribution in [0, 0.1) is 5.82 Å². The van der Waals surface area contributed by atoms with E-state index in [9.17, 15) is 9.18 Å². The number of anilines is 1. The predicted octanol–water partition coefficient (Wildman–Crippen LogP) is 4.73. The molecule has 8 nitrogen and oxygen atoms in total. The third kappa shape index (κ3) is 4.59. The lowest BCUT2D eigenvalue weighted by atomic mass is 9.80. The first-order valence-electron chi connectivity index (χ1n) is 11.4. The first kappa shape index (κ1) is 21.9. The molecular formula is C23H27ClFN7O. The molecule has 2 amide bonds. The molecule has 1 unspecified atom stereocenters. The Morgan fingerprint density at radius 3 is 2.91 bits per heavy atom.